The van der Waals surface area contributed by atoms with E-state index in [0.717, 1.165) is 35.3 Å². The molecule has 0 amide bonds. The lowest BCUT2D eigenvalue weighted by atomic mass is 9.97. The van der Waals surface area contributed by atoms with Crippen molar-refractivity contribution in [2.24, 2.45) is 0 Å². The smallest absolute Gasteiger partial charge is 0.163 e. The Bertz CT molecular complexity index is 615. The molecule has 0 heterocycles. The van der Waals surface area contributed by atoms with E-state index in [1.54, 1.807) is 7.11 Å². The van der Waals surface area contributed by atoms with E-state index in [0.29, 0.717) is 6.42 Å². The van der Waals surface area contributed by atoms with Crippen LogP contribution in [0.5, 0.6) is 5.75 Å². The summed E-state index contributed by atoms with van der Waals surface area (Å²) in [5, 5.41) is 0. The summed E-state index contributed by atoms with van der Waals surface area (Å²) in [5.74, 6) is 1.06. The second-order valence-corrected chi connectivity index (χ2v) is 5.40. The Morgan fingerprint density at radius 1 is 1.05 bits per heavy atom. The van der Waals surface area contributed by atoms with Crippen LogP contribution in [-0.2, 0) is 6.42 Å². The summed E-state index contributed by atoms with van der Waals surface area (Å²) in [6.45, 7) is 3.94. The number of benzene rings is 2. The topological polar surface area (TPSA) is 26.3 Å². The first-order valence-electron chi connectivity index (χ1n) is 7.34. The highest BCUT2D eigenvalue weighted by atomic mass is 16.5. The average Bonchev–Trinajstić information content (AvgIpc) is 2.50. The second-order valence-electron chi connectivity index (χ2n) is 5.40. The van der Waals surface area contributed by atoms with Gasteiger partial charge in [-0.25, -0.2) is 0 Å². The lowest BCUT2D eigenvalue weighted by Crippen LogP contribution is -2.04. The Labute approximate surface area is 126 Å². The van der Waals surface area contributed by atoms with E-state index in [1.165, 1.54) is 5.56 Å². The molecular weight excluding hydrogens is 260 g/mol. The minimum Gasteiger partial charge on any atom is -0.496 e. The van der Waals surface area contributed by atoms with Gasteiger partial charge < -0.3 is 4.74 Å². The molecule has 0 radical (unpaired) electrons. The molecule has 0 spiro atoms. The summed E-state index contributed by atoms with van der Waals surface area (Å²) >= 11 is 0. The summed E-state index contributed by atoms with van der Waals surface area (Å²) in [6, 6.07) is 14.2. The van der Waals surface area contributed by atoms with Gasteiger partial charge in [0, 0.05) is 12.0 Å². The highest BCUT2D eigenvalue weighted by Crippen LogP contribution is 2.23. The number of aryl methyl sites for hydroxylation is 3. The minimum atomic E-state index is 0.217. The molecule has 0 saturated heterocycles. The van der Waals surface area contributed by atoms with Crippen molar-refractivity contribution in [3.63, 3.8) is 0 Å². The fourth-order valence-corrected chi connectivity index (χ4v) is 2.54. The van der Waals surface area contributed by atoms with Gasteiger partial charge in [0.05, 0.1) is 7.11 Å². The molecule has 21 heavy (non-hydrogen) atoms. The first-order chi connectivity index (χ1) is 10.1. The molecule has 0 aliphatic carbocycles. The highest BCUT2D eigenvalue weighted by molar-refractivity contribution is 5.97. The zero-order valence-corrected chi connectivity index (χ0v) is 13.0. The van der Waals surface area contributed by atoms with Crippen molar-refractivity contribution >= 4 is 5.78 Å². The van der Waals surface area contributed by atoms with E-state index >= 15 is 0 Å². The zero-order chi connectivity index (χ0) is 15.2. The quantitative estimate of drug-likeness (QED) is 0.728. The number of methoxy groups -OCH3 is 1. The molecule has 0 aromatic heterocycles. The molecule has 0 aliphatic heterocycles. The number of carbonyl (C=O) groups is 1. The van der Waals surface area contributed by atoms with E-state index in [-0.39, 0.29) is 5.78 Å². The van der Waals surface area contributed by atoms with Gasteiger partial charge in [-0.15, -0.1) is 0 Å². The maximum Gasteiger partial charge on any atom is 0.163 e. The van der Waals surface area contributed by atoms with Crippen LogP contribution in [0.25, 0.3) is 0 Å². The van der Waals surface area contributed by atoms with Crippen LogP contribution < -0.4 is 4.74 Å². The van der Waals surface area contributed by atoms with Crippen molar-refractivity contribution in [2.45, 2.75) is 33.1 Å². The first-order valence-corrected chi connectivity index (χ1v) is 7.34. The summed E-state index contributed by atoms with van der Waals surface area (Å²) in [7, 11) is 1.66. The van der Waals surface area contributed by atoms with E-state index in [1.807, 2.05) is 44.2 Å². The van der Waals surface area contributed by atoms with Crippen LogP contribution in [0.2, 0.25) is 0 Å². The Hall–Kier alpha value is -2.09. The van der Waals surface area contributed by atoms with Gasteiger partial charge in [-0.3, -0.25) is 4.79 Å². The van der Waals surface area contributed by atoms with Crippen molar-refractivity contribution in [3.8, 4) is 5.75 Å². The molecule has 2 aromatic rings. The molecular formula is C19H22O2. The number of ether oxygens (including phenoxy) is 1. The van der Waals surface area contributed by atoms with Crippen LogP contribution in [0.3, 0.4) is 0 Å². The van der Waals surface area contributed by atoms with Gasteiger partial charge in [-0.1, -0.05) is 30.3 Å². The molecule has 0 unspecified atom stereocenters. The Balaban J connectivity index is 1.99. The van der Waals surface area contributed by atoms with Gasteiger partial charge >= 0.3 is 0 Å². The second kappa shape index (κ2) is 7.07. The summed E-state index contributed by atoms with van der Waals surface area (Å²) in [5.41, 5.74) is 4.10. The molecule has 2 nitrogen and oxygen atoms in total. The summed E-state index contributed by atoms with van der Waals surface area (Å²) < 4.78 is 5.29. The van der Waals surface area contributed by atoms with Crippen LogP contribution >= 0.6 is 0 Å². The van der Waals surface area contributed by atoms with Crippen molar-refractivity contribution in [1.82, 2.24) is 0 Å². The number of Topliss-reactive ketones (excluding diaryl/α,β-unsaturated/α-hetero) is 1. The number of hydrogen-bond donors (Lipinski definition) is 0. The van der Waals surface area contributed by atoms with Gasteiger partial charge in [0.15, 0.2) is 5.78 Å². The van der Waals surface area contributed by atoms with Gasteiger partial charge in [-0.05, 0) is 55.5 Å². The van der Waals surface area contributed by atoms with Crippen molar-refractivity contribution in [3.05, 3.63) is 64.7 Å². The minimum absolute atomic E-state index is 0.217. The number of hydrogen-bond acceptors (Lipinski definition) is 2. The van der Waals surface area contributed by atoms with Gasteiger partial charge in [0.1, 0.15) is 5.75 Å². The van der Waals surface area contributed by atoms with Crippen molar-refractivity contribution < 1.29 is 9.53 Å². The number of carbonyl (C=O) groups excluding carboxylic acids is 1. The van der Waals surface area contributed by atoms with E-state index in [2.05, 4.69) is 12.1 Å². The van der Waals surface area contributed by atoms with Gasteiger partial charge in [0.2, 0.25) is 0 Å². The number of ketones is 1. The standard InChI is InChI=1S/C19H22O2/c1-14-13-19(21-3)15(2)12-17(14)18(20)11-7-10-16-8-5-4-6-9-16/h4-6,8-9,12-13H,7,10-11H2,1-3H3. The fraction of sp³-hybridized carbons (Fsp3) is 0.316. The average molecular weight is 282 g/mol. The van der Waals surface area contributed by atoms with E-state index in [9.17, 15) is 4.79 Å². The van der Waals surface area contributed by atoms with Gasteiger partial charge in [-0.2, -0.15) is 0 Å². The zero-order valence-electron chi connectivity index (χ0n) is 13.0. The molecule has 0 saturated carbocycles. The SMILES string of the molecule is COc1cc(C)c(C(=O)CCCc2ccccc2)cc1C. The maximum atomic E-state index is 12.4. The first kappa shape index (κ1) is 15.3. The van der Waals surface area contributed by atoms with Gasteiger partial charge in [0.25, 0.3) is 0 Å². The predicted molar refractivity (Wildman–Crippen MR) is 86.2 cm³/mol. The van der Waals surface area contributed by atoms with E-state index < -0.39 is 0 Å². The number of rotatable bonds is 6. The largest absolute Gasteiger partial charge is 0.496 e. The van der Waals surface area contributed by atoms with E-state index in [4.69, 9.17) is 4.74 Å². The third-order valence-corrected chi connectivity index (χ3v) is 3.75. The van der Waals surface area contributed by atoms with Crippen LogP contribution in [-0.4, -0.2) is 12.9 Å². The van der Waals surface area contributed by atoms with Crippen LogP contribution in [0.4, 0.5) is 0 Å². The monoisotopic (exact) mass is 282 g/mol. The Kier molecular flexibility index (Phi) is 5.15. The molecule has 2 aromatic carbocycles. The third-order valence-electron chi connectivity index (χ3n) is 3.75. The third kappa shape index (κ3) is 3.94. The Morgan fingerprint density at radius 2 is 1.76 bits per heavy atom. The molecule has 110 valence electrons. The fourth-order valence-electron chi connectivity index (χ4n) is 2.54. The summed E-state index contributed by atoms with van der Waals surface area (Å²) in [4.78, 5) is 12.4. The van der Waals surface area contributed by atoms with Crippen LogP contribution in [0, 0.1) is 13.8 Å². The highest BCUT2D eigenvalue weighted by Gasteiger charge is 2.12. The molecule has 0 fully saturated rings. The normalized spacial score (nSPS) is 10.4. The van der Waals surface area contributed by atoms with Crippen LogP contribution in [0.15, 0.2) is 42.5 Å². The lowest BCUT2D eigenvalue weighted by molar-refractivity contribution is 0.0979. The van der Waals surface area contributed by atoms with Crippen molar-refractivity contribution in [2.75, 3.05) is 7.11 Å². The van der Waals surface area contributed by atoms with Crippen LogP contribution in [0.1, 0.15) is 39.9 Å². The predicted octanol–water partition coefficient (Wildman–Crippen LogP) is 4.52. The lowest BCUT2D eigenvalue weighted by Gasteiger charge is -2.10. The molecule has 0 N–H and O–H groups in total. The molecule has 0 atom stereocenters. The maximum absolute atomic E-state index is 12.4. The molecule has 2 rings (SSSR count). The molecule has 0 bridgehead atoms. The van der Waals surface area contributed by atoms with Crippen molar-refractivity contribution in [1.29, 1.82) is 0 Å². The molecule has 2 heteroatoms. The molecule has 0 aliphatic rings. The Morgan fingerprint density at radius 3 is 2.43 bits per heavy atom. The summed E-state index contributed by atoms with van der Waals surface area (Å²) in [6.07, 6.45) is 2.41.